The number of benzene rings is 2. The molecule has 1 N–H and O–H groups in total. The van der Waals surface area contributed by atoms with Crippen molar-refractivity contribution in [3.63, 3.8) is 0 Å². The zero-order valence-electron chi connectivity index (χ0n) is 15.7. The molecule has 7 heteroatoms. The highest BCUT2D eigenvalue weighted by Crippen LogP contribution is 2.34. The number of rotatable bonds is 3. The largest absolute Gasteiger partial charge is 0.495 e. The molecule has 28 heavy (non-hydrogen) atoms. The lowest BCUT2D eigenvalue weighted by molar-refractivity contribution is 0.102. The summed E-state index contributed by atoms with van der Waals surface area (Å²) >= 11 is 6.31. The summed E-state index contributed by atoms with van der Waals surface area (Å²) in [4.78, 5) is 26.1. The highest BCUT2D eigenvalue weighted by atomic mass is 35.5. The average molecular weight is 399 g/mol. The Hall–Kier alpha value is -2.99. The van der Waals surface area contributed by atoms with Gasteiger partial charge in [-0.2, -0.15) is 0 Å². The van der Waals surface area contributed by atoms with Crippen LogP contribution in [0.3, 0.4) is 0 Å². The van der Waals surface area contributed by atoms with E-state index in [-0.39, 0.29) is 17.1 Å². The Bertz CT molecular complexity index is 1170. The number of anilines is 1. The highest BCUT2D eigenvalue weighted by Gasteiger charge is 2.25. The molecule has 1 aliphatic rings. The Balaban J connectivity index is 1.85. The van der Waals surface area contributed by atoms with Crippen LogP contribution >= 0.6 is 11.6 Å². The van der Waals surface area contributed by atoms with Crippen LogP contribution in [0.4, 0.5) is 5.69 Å². The fourth-order valence-electron chi connectivity index (χ4n) is 3.50. The fourth-order valence-corrected chi connectivity index (χ4v) is 3.74. The molecule has 1 aromatic heterocycles. The van der Waals surface area contributed by atoms with E-state index in [9.17, 15) is 9.59 Å². The van der Waals surface area contributed by atoms with Crippen molar-refractivity contribution in [3.8, 4) is 11.5 Å². The molecule has 0 spiro atoms. The highest BCUT2D eigenvalue weighted by molar-refractivity contribution is 6.35. The number of hydrogen-bond donors (Lipinski definition) is 1. The van der Waals surface area contributed by atoms with E-state index in [0.717, 1.165) is 5.56 Å². The minimum atomic E-state index is -0.514. The van der Waals surface area contributed by atoms with E-state index in [2.05, 4.69) is 5.32 Å². The van der Waals surface area contributed by atoms with Gasteiger partial charge in [0.05, 0.1) is 35.3 Å². The average Bonchev–Trinajstić information content (AvgIpc) is 2.65. The van der Waals surface area contributed by atoms with E-state index >= 15 is 0 Å². The van der Waals surface area contributed by atoms with Crippen LogP contribution in [-0.4, -0.2) is 23.7 Å². The first kappa shape index (κ1) is 18.4. The van der Waals surface area contributed by atoms with E-state index in [4.69, 9.17) is 21.1 Å². The standard InChI is InChI=1S/C21H19ClN2O4/c1-11-4-6-16(27-3)15(8-11)23-21(26)13-10-24-9-12(2)28-17-7-5-14(22)18(19(17)24)20(13)25/h4-8,10,12H,9H2,1-3H3,(H,23,26). The Labute approximate surface area is 166 Å². The van der Waals surface area contributed by atoms with Gasteiger partial charge in [0.15, 0.2) is 0 Å². The summed E-state index contributed by atoms with van der Waals surface area (Å²) in [5, 5.41) is 3.36. The van der Waals surface area contributed by atoms with E-state index in [1.54, 1.807) is 30.5 Å². The minimum Gasteiger partial charge on any atom is -0.495 e. The maximum Gasteiger partial charge on any atom is 0.261 e. The Morgan fingerprint density at radius 3 is 2.86 bits per heavy atom. The molecule has 2 heterocycles. The Morgan fingerprint density at radius 1 is 1.32 bits per heavy atom. The molecule has 0 saturated carbocycles. The third-order valence-electron chi connectivity index (χ3n) is 4.76. The molecular weight excluding hydrogens is 380 g/mol. The second-order valence-electron chi connectivity index (χ2n) is 6.88. The van der Waals surface area contributed by atoms with Gasteiger partial charge < -0.3 is 19.4 Å². The van der Waals surface area contributed by atoms with Crippen LogP contribution in [0.1, 0.15) is 22.8 Å². The van der Waals surface area contributed by atoms with Crippen LogP contribution < -0.4 is 20.2 Å². The Kier molecular flexibility index (Phi) is 4.51. The number of amides is 1. The molecule has 0 radical (unpaired) electrons. The quantitative estimate of drug-likeness (QED) is 0.723. The number of pyridine rings is 1. The van der Waals surface area contributed by atoms with Crippen molar-refractivity contribution in [2.75, 3.05) is 12.4 Å². The third kappa shape index (κ3) is 2.99. The molecule has 1 unspecified atom stereocenters. The first-order chi connectivity index (χ1) is 13.4. The molecule has 1 amide bonds. The molecule has 3 aromatic rings. The van der Waals surface area contributed by atoms with Gasteiger partial charge in [-0.3, -0.25) is 9.59 Å². The van der Waals surface area contributed by atoms with E-state index < -0.39 is 11.3 Å². The number of methoxy groups -OCH3 is 1. The van der Waals surface area contributed by atoms with Gasteiger partial charge >= 0.3 is 0 Å². The first-order valence-corrected chi connectivity index (χ1v) is 9.25. The van der Waals surface area contributed by atoms with Crippen molar-refractivity contribution in [2.45, 2.75) is 26.5 Å². The number of carbonyl (C=O) groups excluding carboxylic acids is 1. The van der Waals surface area contributed by atoms with E-state index in [1.807, 2.05) is 24.5 Å². The normalized spacial score (nSPS) is 15.2. The minimum absolute atomic E-state index is 0.0178. The number of nitrogens with one attached hydrogen (secondary N) is 1. The number of aromatic nitrogens is 1. The van der Waals surface area contributed by atoms with Crippen molar-refractivity contribution in [1.82, 2.24) is 4.57 Å². The SMILES string of the molecule is COc1ccc(C)cc1NC(=O)c1cn2c3c(ccc(Cl)c3c1=O)OC(C)C2. The second-order valence-corrected chi connectivity index (χ2v) is 7.29. The summed E-state index contributed by atoms with van der Waals surface area (Å²) in [6, 6.07) is 8.80. The number of ether oxygens (including phenoxy) is 2. The van der Waals surface area contributed by atoms with E-state index in [1.165, 1.54) is 7.11 Å². The molecule has 6 nitrogen and oxygen atoms in total. The summed E-state index contributed by atoms with van der Waals surface area (Å²) < 4.78 is 13.0. The molecule has 1 aliphatic heterocycles. The van der Waals surface area contributed by atoms with Crippen LogP contribution in [-0.2, 0) is 6.54 Å². The van der Waals surface area contributed by atoms with Gasteiger partial charge in [-0.15, -0.1) is 0 Å². The number of aryl methyl sites for hydroxylation is 1. The maximum atomic E-state index is 13.1. The van der Waals surface area contributed by atoms with Gasteiger partial charge in [-0.05, 0) is 43.7 Å². The summed E-state index contributed by atoms with van der Waals surface area (Å²) in [6.45, 7) is 4.35. The molecule has 0 bridgehead atoms. The second kappa shape index (κ2) is 6.87. The van der Waals surface area contributed by atoms with Gasteiger partial charge in [-0.1, -0.05) is 17.7 Å². The van der Waals surface area contributed by atoms with Crippen molar-refractivity contribution >= 4 is 34.1 Å². The van der Waals surface area contributed by atoms with Crippen molar-refractivity contribution < 1.29 is 14.3 Å². The maximum absolute atomic E-state index is 13.1. The number of hydrogen-bond acceptors (Lipinski definition) is 4. The van der Waals surface area contributed by atoms with Gasteiger partial charge in [0.25, 0.3) is 5.91 Å². The lowest BCUT2D eigenvalue weighted by atomic mass is 10.1. The monoisotopic (exact) mass is 398 g/mol. The topological polar surface area (TPSA) is 69.6 Å². The molecule has 0 saturated heterocycles. The van der Waals surface area contributed by atoms with Crippen molar-refractivity contribution in [1.29, 1.82) is 0 Å². The third-order valence-corrected chi connectivity index (χ3v) is 5.08. The van der Waals surface area contributed by atoms with Gasteiger partial charge in [0.2, 0.25) is 5.43 Å². The molecule has 0 aliphatic carbocycles. The lowest BCUT2D eigenvalue weighted by Crippen LogP contribution is -2.30. The number of halogens is 1. The zero-order valence-corrected chi connectivity index (χ0v) is 16.5. The van der Waals surface area contributed by atoms with E-state index in [0.29, 0.717) is 34.3 Å². The van der Waals surface area contributed by atoms with Crippen LogP contribution in [0.5, 0.6) is 11.5 Å². The van der Waals surface area contributed by atoms with Crippen LogP contribution in [0.15, 0.2) is 41.3 Å². The van der Waals surface area contributed by atoms with Gasteiger partial charge in [-0.25, -0.2) is 0 Å². The summed E-state index contributed by atoms with van der Waals surface area (Å²) in [6.07, 6.45) is 1.48. The van der Waals surface area contributed by atoms with Crippen molar-refractivity contribution in [2.24, 2.45) is 0 Å². The predicted octanol–water partition coefficient (Wildman–Crippen LogP) is 4.01. The van der Waals surface area contributed by atoms with Crippen LogP contribution in [0.2, 0.25) is 5.02 Å². The van der Waals surface area contributed by atoms with Gasteiger partial charge in [0, 0.05) is 6.20 Å². The summed E-state index contributed by atoms with van der Waals surface area (Å²) in [5.41, 5.74) is 1.66. The molecule has 1 atom stereocenters. The molecule has 0 fully saturated rings. The summed E-state index contributed by atoms with van der Waals surface area (Å²) in [5.74, 6) is 0.589. The molecule has 144 valence electrons. The summed E-state index contributed by atoms with van der Waals surface area (Å²) in [7, 11) is 1.53. The van der Waals surface area contributed by atoms with Crippen LogP contribution in [0, 0.1) is 6.92 Å². The number of carbonyl (C=O) groups is 1. The number of nitrogens with zero attached hydrogens (tertiary/aromatic N) is 1. The Morgan fingerprint density at radius 2 is 2.11 bits per heavy atom. The first-order valence-electron chi connectivity index (χ1n) is 8.87. The van der Waals surface area contributed by atoms with Crippen molar-refractivity contribution in [3.05, 3.63) is 62.9 Å². The van der Waals surface area contributed by atoms with Crippen LogP contribution in [0.25, 0.3) is 10.9 Å². The molecular formula is C21H19ClN2O4. The zero-order chi connectivity index (χ0) is 20.0. The molecule has 2 aromatic carbocycles. The smallest absolute Gasteiger partial charge is 0.261 e. The lowest BCUT2D eigenvalue weighted by Gasteiger charge is -2.26. The predicted molar refractivity (Wildman–Crippen MR) is 109 cm³/mol. The van der Waals surface area contributed by atoms with Gasteiger partial charge in [0.1, 0.15) is 23.2 Å². The fraction of sp³-hybridized carbons (Fsp3) is 0.238. The molecule has 4 rings (SSSR count).